The first-order valence-electron chi connectivity index (χ1n) is 6.51. The Labute approximate surface area is 126 Å². The Hall–Kier alpha value is -1.10. The lowest BCUT2D eigenvalue weighted by Crippen LogP contribution is -2.33. The Morgan fingerprint density at radius 2 is 2.00 bits per heavy atom. The quantitative estimate of drug-likeness (QED) is 0.788. The van der Waals surface area contributed by atoms with Crippen LogP contribution >= 0.6 is 23.2 Å². The predicted molar refractivity (Wildman–Crippen MR) is 76.0 cm³/mol. The molecule has 2 fully saturated rings. The molecular formula is C14H13Cl2NO3. The highest BCUT2D eigenvalue weighted by atomic mass is 35.5. The summed E-state index contributed by atoms with van der Waals surface area (Å²) in [7, 11) is 0. The van der Waals surface area contributed by atoms with Gasteiger partial charge >= 0.3 is 0 Å². The molecule has 2 aliphatic rings. The largest absolute Gasteiger partial charge is 0.377 e. The van der Waals surface area contributed by atoms with E-state index in [1.165, 1.54) is 11.0 Å². The first-order chi connectivity index (χ1) is 9.58. The van der Waals surface area contributed by atoms with Crippen LogP contribution in [0.1, 0.15) is 19.3 Å². The molecule has 0 aromatic heterocycles. The summed E-state index contributed by atoms with van der Waals surface area (Å²) in [6.45, 7) is 0.662. The van der Waals surface area contributed by atoms with Crippen LogP contribution in [0.5, 0.6) is 0 Å². The third-order valence-electron chi connectivity index (χ3n) is 3.76. The lowest BCUT2D eigenvalue weighted by Gasteiger charge is -2.18. The van der Waals surface area contributed by atoms with E-state index in [0.29, 0.717) is 22.3 Å². The number of benzene rings is 1. The summed E-state index contributed by atoms with van der Waals surface area (Å²) in [5.74, 6) is -0.798. The summed E-state index contributed by atoms with van der Waals surface area (Å²) in [6.07, 6.45) is 1.83. The summed E-state index contributed by atoms with van der Waals surface area (Å²) in [6, 6.07) is 4.75. The first kappa shape index (κ1) is 13.9. The molecule has 2 atom stereocenters. The number of carbonyl (C=O) groups is 2. The van der Waals surface area contributed by atoms with Gasteiger partial charge in [-0.3, -0.25) is 14.5 Å². The van der Waals surface area contributed by atoms with E-state index in [1.54, 1.807) is 12.1 Å². The fourth-order valence-electron chi connectivity index (χ4n) is 2.76. The van der Waals surface area contributed by atoms with Crippen molar-refractivity contribution in [2.45, 2.75) is 25.4 Å². The molecular weight excluding hydrogens is 301 g/mol. The maximum Gasteiger partial charge on any atom is 0.240 e. The van der Waals surface area contributed by atoms with E-state index in [1.807, 2.05) is 0 Å². The minimum atomic E-state index is -0.376. The number of nitrogens with zero attached hydrogens (tertiary/aromatic N) is 1. The average molecular weight is 314 g/mol. The molecule has 0 unspecified atom stereocenters. The van der Waals surface area contributed by atoms with Crippen LogP contribution in [0.25, 0.3) is 0 Å². The molecule has 1 aromatic rings. The molecule has 0 bridgehead atoms. The second kappa shape index (κ2) is 5.35. The van der Waals surface area contributed by atoms with Gasteiger partial charge in [0.2, 0.25) is 11.8 Å². The zero-order valence-corrected chi connectivity index (χ0v) is 12.2. The number of amides is 2. The zero-order valence-electron chi connectivity index (χ0n) is 10.6. The van der Waals surface area contributed by atoms with Crippen molar-refractivity contribution in [3.8, 4) is 0 Å². The van der Waals surface area contributed by atoms with Crippen molar-refractivity contribution in [1.29, 1.82) is 0 Å². The molecule has 0 N–H and O–H groups in total. The maximum absolute atomic E-state index is 12.4. The van der Waals surface area contributed by atoms with Gasteiger partial charge in [0.25, 0.3) is 0 Å². The van der Waals surface area contributed by atoms with Crippen molar-refractivity contribution < 1.29 is 14.3 Å². The van der Waals surface area contributed by atoms with E-state index in [4.69, 9.17) is 27.9 Å². The van der Waals surface area contributed by atoms with Crippen molar-refractivity contribution >= 4 is 40.7 Å². The molecule has 2 saturated heterocycles. The Kier molecular flexibility index (Phi) is 3.71. The van der Waals surface area contributed by atoms with Crippen molar-refractivity contribution in [3.05, 3.63) is 28.2 Å². The molecule has 20 heavy (non-hydrogen) atoms. The lowest BCUT2D eigenvalue weighted by atomic mass is 9.98. The molecule has 3 rings (SSSR count). The van der Waals surface area contributed by atoms with Gasteiger partial charge in [-0.1, -0.05) is 23.2 Å². The van der Waals surface area contributed by atoms with E-state index in [9.17, 15) is 9.59 Å². The maximum atomic E-state index is 12.4. The standard InChI is InChI=1S/C14H13Cl2NO3/c15-10-4-3-8(6-11(10)16)17-13(18)7-9(14(17)19)12-2-1-5-20-12/h3-4,6,9,12H,1-2,5,7H2/t9-,12+/m1/s1. The number of imide groups is 1. The lowest BCUT2D eigenvalue weighted by molar-refractivity contribution is -0.124. The molecule has 106 valence electrons. The molecule has 2 heterocycles. The van der Waals surface area contributed by atoms with Gasteiger partial charge in [-0.15, -0.1) is 0 Å². The van der Waals surface area contributed by atoms with Crippen LogP contribution in [0.4, 0.5) is 5.69 Å². The number of ether oxygens (including phenoxy) is 1. The van der Waals surface area contributed by atoms with Crippen LogP contribution in [0.3, 0.4) is 0 Å². The van der Waals surface area contributed by atoms with E-state index in [0.717, 1.165) is 12.8 Å². The highest BCUT2D eigenvalue weighted by Crippen LogP contribution is 2.35. The van der Waals surface area contributed by atoms with Crippen molar-refractivity contribution in [2.75, 3.05) is 11.5 Å². The summed E-state index contributed by atoms with van der Waals surface area (Å²) in [5.41, 5.74) is 0.467. The molecule has 1 aromatic carbocycles. The third kappa shape index (κ3) is 2.32. The fourth-order valence-corrected chi connectivity index (χ4v) is 3.05. The van der Waals surface area contributed by atoms with E-state index in [2.05, 4.69) is 0 Å². The van der Waals surface area contributed by atoms with Gasteiger partial charge in [0.05, 0.1) is 27.8 Å². The van der Waals surface area contributed by atoms with E-state index >= 15 is 0 Å². The number of carbonyl (C=O) groups excluding carboxylic acids is 2. The average Bonchev–Trinajstić information content (AvgIpc) is 3.02. The van der Waals surface area contributed by atoms with Gasteiger partial charge in [0, 0.05) is 13.0 Å². The Morgan fingerprint density at radius 1 is 1.20 bits per heavy atom. The summed E-state index contributed by atoms with van der Waals surface area (Å²) < 4.78 is 5.54. The number of anilines is 1. The van der Waals surface area contributed by atoms with E-state index < -0.39 is 0 Å². The minimum absolute atomic E-state index is 0.140. The van der Waals surface area contributed by atoms with Crippen molar-refractivity contribution in [3.63, 3.8) is 0 Å². The monoisotopic (exact) mass is 313 g/mol. The Bertz CT molecular complexity index is 570. The molecule has 0 saturated carbocycles. The molecule has 0 spiro atoms. The predicted octanol–water partition coefficient (Wildman–Crippen LogP) is 3.05. The topological polar surface area (TPSA) is 46.6 Å². The fraction of sp³-hybridized carbons (Fsp3) is 0.429. The van der Waals surface area contributed by atoms with Crippen molar-refractivity contribution in [2.24, 2.45) is 5.92 Å². The smallest absolute Gasteiger partial charge is 0.240 e. The SMILES string of the molecule is O=C1C[C@H]([C@@H]2CCCO2)C(=O)N1c1ccc(Cl)c(Cl)c1. The van der Waals surface area contributed by atoms with Crippen LogP contribution < -0.4 is 4.90 Å². The highest BCUT2D eigenvalue weighted by Gasteiger charge is 2.45. The normalized spacial score (nSPS) is 26.6. The number of hydrogen-bond donors (Lipinski definition) is 0. The third-order valence-corrected chi connectivity index (χ3v) is 4.50. The number of hydrogen-bond acceptors (Lipinski definition) is 3. The highest BCUT2D eigenvalue weighted by molar-refractivity contribution is 6.42. The zero-order chi connectivity index (χ0) is 14.3. The summed E-state index contributed by atoms with van der Waals surface area (Å²) in [4.78, 5) is 25.8. The number of halogens is 2. The Balaban J connectivity index is 1.87. The molecule has 4 nitrogen and oxygen atoms in total. The summed E-state index contributed by atoms with van der Waals surface area (Å²) >= 11 is 11.8. The minimum Gasteiger partial charge on any atom is -0.377 e. The number of rotatable bonds is 2. The van der Waals surface area contributed by atoms with Crippen LogP contribution in [0.15, 0.2) is 18.2 Å². The first-order valence-corrected chi connectivity index (χ1v) is 7.27. The molecule has 2 aliphatic heterocycles. The van der Waals surface area contributed by atoms with Gasteiger partial charge < -0.3 is 4.74 Å². The van der Waals surface area contributed by atoms with E-state index in [-0.39, 0.29) is 30.3 Å². The second-order valence-electron chi connectivity index (χ2n) is 5.03. The van der Waals surface area contributed by atoms with Crippen molar-refractivity contribution in [1.82, 2.24) is 0 Å². The molecule has 2 amide bonds. The summed E-state index contributed by atoms with van der Waals surface area (Å²) in [5, 5.41) is 0.718. The van der Waals surface area contributed by atoms with Gasteiger partial charge in [-0.2, -0.15) is 0 Å². The Morgan fingerprint density at radius 3 is 2.65 bits per heavy atom. The van der Waals surface area contributed by atoms with Gasteiger partial charge in [-0.25, -0.2) is 0 Å². The molecule has 0 radical (unpaired) electrons. The van der Waals surface area contributed by atoms with Crippen LogP contribution in [-0.4, -0.2) is 24.5 Å². The van der Waals surface area contributed by atoms with Crippen LogP contribution in [-0.2, 0) is 14.3 Å². The van der Waals surface area contributed by atoms with Crippen LogP contribution in [0, 0.1) is 5.92 Å². The van der Waals surface area contributed by atoms with Gasteiger partial charge in [0.15, 0.2) is 0 Å². The molecule has 6 heteroatoms. The molecule has 0 aliphatic carbocycles. The van der Waals surface area contributed by atoms with Gasteiger partial charge in [-0.05, 0) is 31.0 Å². The second-order valence-corrected chi connectivity index (χ2v) is 5.84. The van der Waals surface area contributed by atoms with Crippen LogP contribution in [0.2, 0.25) is 10.0 Å². The van der Waals surface area contributed by atoms with Gasteiger partial charge in [0.1, 0.15) is 0 Å².